The van der Waals surface area contributed by atoms with Crippen molar-refractivity contribution >= 4 is 0 Å². The molecular weight excluding hydrogens is 202 g/mol. The van der Waals surface area contributed by atoms with Crippen LogP contribution in [0.5, 0.6) is 0 Å². The van der Waals surface area contributed by atoms with E-state index < -0.39 is 0 Å². The first-order valence-electron chi connectivity index (χ1n) is 6.29. The van der Waals surface area contributed by atoms with Crippen LogP contribution in [-0.2, 0) is 6.42 Å². The number of nitrogens with zero attached hydrogens (tertiary/aromatic N) is 4. The minimum Gasteiger partial charge on any atom is -0.330 e. The highest BCUT2D eigenvalue weighted by Gasteiger charge is 2.25. The number of aryl methyl sites for hydroxylation is 1. The fourth-order valence-corrected chi connectivity index (χ4v) is 2.55. The predicted molar refractivity (Wildman–Crippen MR) is 61.9 cm³/mol. The first-order valence-corrected chi connectivity index (χ1v) is 6.29. The fourth-order valence-electron chi connectivity index (χ4n) is 2.55. The van der Waals surface area contributed by atoms with Gasteiger partial charge in [-0.05, 0) is 42.2 Å². The maximum absolute atomic E-state index is 5.52. The molecular formula is C11H21N5. The Bertz CT molecular complexity index is 322. The second-order valence-electron chi connectivity index (χ2n) is 4.76. The number of tetrazole rings is 1. The van der Waals surface area contributed by atoms with Crippen molar-refractivity contribution < 1.29 is 0 Å². The van der Waals surface area contributed by atoms with Gasteiger partial charge in [0, 0.05) is 6.42 Å². The Kier molecular flexibility index (Phi) is 3.88. The minimum absolute atomic E-state index is 0.497. The average Bonchev–Trinajstić information content (AvgIpc) is 2.75. The molecule has 1 aromatic rings. The molecule has 1 aromatic heterocycles. The van der Waals surface area contributed by atoms with Crippen LogP contribution in [0.25, 0.3) is 0 Å². The van der Waals surface area contributed by atoms with Gasteiger partial charge in [-0.15, -0.1) is 5.10 Å². The molecule has 0 aliphatic heterocycles. The van der Waals surface area contributed by atoms with Gasteiger partial charge in [-0.1, -0.05) is 19.8 Å². The Labute approximate surface area is 96.4 Å². The van der Waals surface area contributed by atoms with Gasteiger partial charge in [-0.25, -0.2) is 4.68 Å². The number of rotatable bonds is 4. The molecule has 0 amide bonds. The minimum atomic E-state index is 0.497. The summed E-state index contributed by atoms with van der Waals surface area (Å²) >= 11 is 0. The van der Waals surface area contributed by atoms with Crippen LogP contribution in [0.4, 0.5) is 0 Å². The van der Waals surface area contributed by atoms with Gasteiger partial charge < -0.3 is 5.73 Å². The third-order valence-electron chi connectivity index (χ3n) is 3.55. The van der Waals surface area contributed by atoms with Crippen LogP contribution in [0.15, 0.2) is 0 Å². The van der Waals surface area contributed by atoms with Gasteiger partial charge in [0.2, 0.25) is 0 Å². The molecule has 2 unspecified atom stereocenters. The first kappa shape index (κ1) is 11.5. The van der Waals surface area contributed by atoms with Crippen LogP contribution in [-0.4, -0.2) is 26.8 Å². The van der Waals surface area contributed by atoms with Crippen LogP contribution in [0.3, 0.4) is 0 Å². The van der Waals surface area contributed by atoms with Gasteiger partial charge in [-0.3, -0.25) is 0 Å². The van der Waals surface area contributed by atoms with Gasteiger partial charge in [0.15, 0.2) is 5.82 Å². The van der Waals surface area contributed by atoms with E-state index in [1.165, 1.54) is 25.7 Å². The van der Waals surface area contributed by atoms with E-state index in [0.29, 0.717) is 18.5 Å². The molecule has 2 atom stereocenters. The van der Waals surface area contributed by atoms with E-state index in [1.54, 1.807) is 0 Å². The quantitative estimate of drug-likeness (QED) is 0.835. The molecule has 1 saturated carbocycles. The molecule has 2 N–H and O–H groups in total. The molecule has 16 heavy (non-hydrogen) atoms. The van der Waals surface area contributed by atoms with Crippen LogP contribution in [0, 0.1) is 5.92 Å². The van der Waals surface area contributed by atoms with E-state index in [0.717, 1.165) is 18.7 Å². The molecule has 0 spiro atoms. The molecule has 1 fully saturated rings. The SMILES string of the molecule is CC1CCCCC1n1nnnc1CCCN. The van der Waals surface area contributed by atoms with E-state index in [-0.39, 0.29) is 0 Å². The molecule has 0 bridgehead atoms. The van der Waals surface area contributed by atoms with Crippen LogP contribution in [0.1, 0.15) is 50.9 Å². The second kappa shape index (κ2) is 5.39. The Morgan fingerprint density at radius 2 is 2.19 bits per heavy atom. The molecule has 5 nitrogen and oxygen atoms in total. The summed E-state index contributed by atoms with van der Waals surface area (Å²) in [4.78, 5) is 0. The third kappa shape index (κ3) is 2.40. The Hall–Kier alpha value is -0.970. The van der Waals surface area contributed by atoms with E-state index in [1.807, 2.05) is 4.68 Å². The van der Waals surface area contributed by atoms with Crippen molar-refractivity contribution in [1.29, 1.82) is 0 Å². The summed E-state index contributed by atoms with van der Waals surface area (Å²) in [6.45, 7) is 3.01. The monoisotopic (exact) mass is 223 g/mol. The lowest BCUT2D eigenvalue weighted by Crippen LogP contribution is -2.24. The predicted octanol–water partition coefficient (Wildman–Crippen LogP) is 1.32. The molecule has 5 heteroatoms. The molecule has 1 aliphatic carbocycles. The smallest absolute Gasteiger partial charge is 0.151 e. The molecule has 90 valence electrons. The van der Waals surface area contributed by atoms with Crippen LogP contribution < -0.4 is 5.73 Å². The van der Waals surface area contributed by atoms with Crippen LogP contribution in [0.2, 0.25) is 0 Å². The zero-order chi connectivity index (χ0) is 11.4. The van der Waals surface area contributed by atoms with E-state index >= 15 is 0 Å². The standard InChI is InChI=1S/C11H21N5/c1-9-5-2-3-6-10(9)16-11(7-4-8-12)13-14-15-16/h9-10H,2-8,12H2,1H3. The highest BCUT2D eigenvalue weighted by atomic mass is 15.5. The topological polar surface area (TPSA) is 69.6 Å². The Morgan fingerprint density at radius 3 is 2.94 bits per heavy atom. The number of nitrogens with two attached hydrogens (primary N) is 1. The number of hydrogen-bond donors (Lipinski definition) is 1. The van der Waals surface area contributed by atoms with Crippen molar-refractivity contribution in [3.8, 4) is 0 Å². The van der Waals surface area contributed by atoms with Crippen molar-refractivity contribution in [1.82, 2.24) is 20.2 Å². The second-order valence-corrected chi connectivity index (χ2v) is 4.76. The summed E-state index contributed by atoms with van der Waals surface area (Å²) in [5.74, 6) is 1.69. The van der Waals surface area contributed by atoms with E-state index in [2.05, 4.69) is 22.4 Å². The van der Waals surface area contributed by atoms with E-state index in [9.17, 15) is 0 Å². The average molecular weight is 223 g/mol. The summed E-state index contributed by atoms with van der Waals surface area (Å²) in [7, 11) is 0. The highest BCUT2D eigenvalue weighted by Crippen LogP contribution is 2.33. The third-order valence-corrected chi connectivity index (χ3v) is 3.55. The molecule has 0 saturated heterocycles. The van der Waals surface area contributed by atoms with Crippen molar-refractivity contribution in [3.63, 3.8) is 0 Å². The van der Waals surface area contributed by atoms with Crippen molar-refractivity contribution in [2.75, 3.05) is 6.54 Å². The lowest BCUT2D eigenvalue weighted by atomic mass is 9.86. The van der Waals surface area contributed by atoms with Crippen molar-refractivity contribution in [2.45, 2.75) is 51.5 Å². The Morgan fingerprint density at radius 1 is 1.38 bits per heavy atom. The molecule has 1 aliphatic rings. The maximum atomic E-state index is 5.52. The molecule has 0 radical (unpaired) electrons. The summed E-state index contributed by atoms with van der Waals surface area (Å²) in [5.41, 5.74) is 5.52. The van der Waals surface area contributed by atoms with Gasteiger partial charge in [0.25, 0.3) is 0 Å². The zero-order valence-corrected chi connectivity index (χ0v) is 9.97. The first-order chi connectivity index (χ1) is 7.83. The summed E-state index contributed by atoms with van der Waals surface area (Å²) in [6.07, 6.45) is 7.00. The summed E-state index contributed by atoms with van der Waals surface area (Å²) < 4.78 is 2.04. The van der Waals surface area contributed by atoms with Crippen molar-refractivity contribution in [2.24, 2.45) is 11.7 Å². The lowest BCUT2D eigenvalue weighted by molar-refractivity contribution is 0.231. The largest absolute Gasteiger partial charge is 0.330 e. The molecule has 1 heterocycles. The van der Waals surface area contributed by atoms with Crippen molar-refractivity contribution in [3.05, 3.63) is 5.82 Å². The zero-order valence-electron chi connectivity index (χ0n) is 9.97. The van der Waals surface area contributed by atoms with Crippen LogP contribution >= 0.6 is 0 Å². The lowest BCUT2D eigenvalue weighted by Gasteiger charge is -2.29. The van der Waals surface area contributed by atoms with Gasteiger partial charge in [0.05, 0.1) is 6.04 Å². The highest BCUT2D eigenvalue weighted by molar-refractivity contribution is 4.88. The number of aromatic nitrogens is 4. The normalized spacial score (nSPS) is 25.9. The van der Waals surface area contributed by atoms with Gasteiger partial charge >= 0.3 is 0 Å². The summed E-state index contributed by atoms with van der Waals surface area (Å²) in [6, 6.07) is 0.497. The van der Waals surface area contributed by atoms with Gasteiger partial charge in [-0.2, -0.15) is 0 Å². The molecule has 2 rings (SSSR count). The Balaban J connectivity index is 2.09. The molecule has 0 aromatic carbocycles. The van der Waals surface area contributed by atoms with E-state index in [4.69, 9.17) is 5.73 Å². The number of hydrogen-bond acceptors (Lipinski definition) is 4. The summed E-state index contributed by atoms with van der Waals surface area (Å²) in [5, 5.41) is 12.1. The fraction of sp³-hybridized carbons (Fsp3) is 0.909. The maximum Gasteiger partial charge on any atom is 0.151 e. The van der Waals surface area contributed by atoms with Gasteiger partial charge in [0.1, 0.15) is 0 Å².